The highest BCUT2D eigenvalue weighted by molar-refractivity contribution is 4.90. The third kappa shape index (κ3) is 4.30. The van der Waals surface area contributed by atoms with Crippen molar-refractivity contribution < 1.29 is 35.5 Å². The zero-order valence-electron chi connectivity index (χ0n) is 8.83. The predicted octanol–water partition coefficient (Wildman–Crippen LogP) is 2.57. The lowest BCUT2D eigenvalue weighted by Gasteiger charge is -2.27. The van der Waals surface area contributed by atoms with Crippen molar-refractivity contribution in [1.29, 1.82) is 0 Å². The van der Waals surface area contributed by atoms with Gasteiger partial charge in [0.1, 0.15) is 6.61 Å². The molecule has 0 saturated carbocycles. The molecule has 17 heavy (non-hydrogen) atoms. The molecule has 0 rings (SSSR count). The Hall–Kier alpha value is -0.570. The molecule has 0 spiro atoms. The van der Waals surface area contributed by atoms with Crippen molar-refractivity contribution >= 4 is 0 Å². The van der Waals surface area contributed by atoms with Gasteiger partial charge in [-0.25, -0.2) is 0 Å². The Morgan fingerprint density at radius 2 is 1.53 bits per heavy atom. The summed E-state index contributed by atoms with van der Waals surface area (Å²) in [6, 6.07) is -0.424. The van der Waals surface area contributed by atoms with E-state index in [1.54, 1.807) is 0 Å². The van der Waals surface area contributed by atoms with Gasteiger partial charge in [-0.15, -0.1) is 0 Å². The van der Waals surface area contributed by atoms with E-state index in [1.165, 1.54) is 6.92 Å². The molecular weight excluding hydrogens is 259 g/mol. The fourth-order valence-electron chi connectivity index (χ4n) is 0.768. The van der Waals surface area contributed by atoms with E-state index in [1.807, 2.05) is 0 Å². The number of nitrogens with two attached hydrogens (primary N) is 1. The van der Waals surface area contributed by atoms with Crippen molar-refractivity contribution in [2.75, 3.05) is 13.2 Å². The predicted molar refractivity (Wildman–Crippen MR) is 45.0 cm³/mol. The van der Waals surface area contributed by atoms with Gasteiger partial charge >= 0.3 is 18.0 Å². The second-order valence-electron chi connectivity index (χ2n) is 3.60. The van der Waals surface area contributed by atoms with E-state index < -0.39 is 37.3 Å². The van der Waals surface area contributed by atoms with Crippen molar-refractivity contribution in [3.63, 3.8) is 0 Å². The van der Waals surface area contributed by atoms with Crippen LogP contribution in [0.4, 0.5) is 30.7 Å². The van der Waals surface area contributed by atoms with Crippen LogP contribution in [0.2, 0.25) is 0 Å². The lowest BCUT2D eigenvalue weighted by molar-refractivity contribution is -0.361. The van der Waals surface area contributed by atoms with E-state index >= 15 is 0 Å². The minimum atomic E-state index is -6.32. The standard InChI is InChI=1S/C8H12F7NO/c1-5(16)2-3-17-4-6(9,10)7(11,12)8(13,14)15/h5H,2-4,16H2,1H3. The van der Waals surface area contributed by atoms with E-state index in [0.717, 1.165) is 0 Å². The van der Waals surface area contributed by atoms with Gasteiger partial charge in [-0.1, -0.05) is 0 Å². The van der Waals surface area contributed by atoms with Crippen LogP contribution in [0, 0.1) is 0 Å². The summed E-state index contributed by atoms with van der Waals surface area (Å²) in [6.45, 7) is -0.917. The van der Waals surface area contributed by atoms with Crippen LogP contribution >= 0.6 is 0 Å². The van der Waals surface area contributed by atoms with Crippen molar-refractivity contribution in [3.05, 3.63) is 0 Å². The minimum Gasteiger partial charge on any atom is -0.375 e. The molecule has 1 unspecified atom stereocenters. The molecule has 1 atom stereocenters. The van der Waals surface area contributed by atoms with Crippen LogP contribution in [-0.2, 0) is 4.74 Å². The third-order valence-electron chi connectivity index (χ3n) is 1.82. The SMILES string of the molecule is CC(N)CCOCC(F)(F)C(F)(F)C(F)(F)F. The van der Waals surface area contributed by atoms with Gasteiger partial charge < -0.3 is 10.5 Å². The molecule has 0 aromatic heterocycles. The number of alkyl halides is 7. The van der Waals surface area contributed by atoms with Gasteiger partial charge in [-0.05, 0) is 13.3 Å². The van der Waals surface area contributed by atoms with Gasteiger partial charge in [0.05, 0.1) is 0 Å². The third-order valence-corrected chi connectivity index (χ3v) is 1.82. The number of rotatable bonds is 6. The van der Waals surface area contributed by atoms with Crippen LogP contribution in [0.15, 0.2) is 0 Å². The Labute approximate surface area is 92.9 Å². The topological polar surface area (TPSA) is 35.2 Å². The zero-order valence-corrected chi connectivity index (χ0v) is 8.83. The molecule has 0 saturated heterocycles. The number of hydrogen-bond donors (Lipinski definition) is 1. The summed E-state index contributed by atoms with van der Waals surface area (Å²) in [5.41, 5.74) is 5.20. The molecular formula is C8H12F7NO. The van der Waals surface area contributed by atoms with Crippen molar-refractivity contribution in [3.8, 4) is 0 Å². The van der Waals surface area contributed by atoms with Gasteiger partial charge in [0, 0.05) is 12.6 Å². The van der Waals surface area contributed by atoms with E-state index in [0.29, 0.717) is 0 Å². The Bertz CT molecular complexity index is 239. The van der Waals surface area contributed by atoms with Crippen molar-refractivity contribution in [2.45, 2.75) is 37.4 Å². The van der Waals surface area contributed by atoms with Gasteiger partial charge in [0.15, 0.2) is 0 Å². The molecule has 9 heteroatoms. The van der Waals surface area contributed by atoms with Crippen LogP contribution in [0.1, 0.15) is 13.3 Å². The zero-order chi connectivity index (χ0) is 13.9. The van der Waals surface area contributed by atoms with Gasteiger partial charge in [0.25, 0.3) is 0 Å². The molecule has 2 nitrogen and oxygen atoms in total. The molecule has 0 amide bonds. The molecule has 0 bridgehead atoms. The first-order valence-corrected chi connectivity index (χ1v) is 4.57. The second kappa shape index (κ2) is 5.38. The maximum Gasteiger partial charge on any atom is 0.459 e. The van der Waals surface area contributed by atoms with Crippen molar-refractivity contribution in [2.24, 2.45) is 5.73 Å². The van der Waals surface area contributed by atoms with E-state index in [-0.39, 0.29) is 6.42 Å². The highest BCUT2D eigenvalue weighted by Gasteiger charge is 2.72. The van der Waals surface area contributed by atoms with E-state index in [4.69, 9.17) is 5.73 Å². The van der Waals surface area contributed by atoms with Crippen LogP contribution < -0.4 is 5.73 Å². The maximum atomic E-state index is 12.6. The van der Waals surface area contributed by atoms with Gasteiger partial charge in [-0.2, -0.15) is 30.7 Å². The average Bonchev–Trinajstić information content (AvgIpc) is 2.10. The molecule has 0 aliphatic rings. The van der Waals surface area contributed by atoms with Gasteiger partial charge in [0.2, 0.25) is 0 Å². The first-order valence-electron chi connectivity index (χ1n) is 4.57. The van der Waals surface area contributed by atoms with E-state index in [2.05, 4.69) is 4.74 Å². The molecule has 2 N–H and O–H groups in total. The average molecular weight is 271 g/mol. The Balaban J connectivity index is 4.37. The fraction of sp³-hybridized carbons (Fsp3) is 1.00. The van der Waals surface area contributed by atoms with Crippen LogP contribution in [0.25, 0.3) is 0 Å². The summed E-state index contributed by atoms with van der Waals surface area (Å²) in [5, 5.41) is 0. The summed E-state index contributed by atoms with van der Waals surface area (Å²) in [4.78, 5) is 0. The monoisotopic (exact) mass is 271 g/mol. The normalized spacial score (nSPS) is 16.1. The Morgan fingerprint density at radius 3 is 1.88 bits per heavy atom. The van der Waals surface area contributed by atoms with Crippen molar-refractivity contribution in [1.82, 2.24) is 0 Å². The van der Waals surface area contributed by atoms with Crippen LogP contribution in [0.5, 0.6) is 0 Å². The van der Waals surface area contributed by atoms with E-state index in [9.17, 15) is 30.7 Å². The highest BCUT2D eigenvalue weighted by atomic mass is 19.4. The molecule has 0 heterocycles. The first kappa shape index (κ1) is 16.4. The highest BCUT2D eigenvalue weighted by Crippen LogP contribution is 2.46. The number of ether oxygens (including phenoxy) is 1. The second-order valence-corrected chi connectivity index (χ2v) is 3.60. The summed E-state index contributed by atoms with van der Waals surface area (Å²) in [5.74, 6) is -11.4. The Kier molecular flexibility index (Phi) is 5.20. The number of hydrogen-bond acceptors (Lipinski definition) is 2. The Morgan fingerprint density at radius 1 is 1.06 bits per heavy atom. The quantitative estimate of drug-likeness (QED) is 0.595. The summed E-state index contributed by atoms with van der Waals surface area (Å²) in [6.07, 6.45) is -6.24. The van der Waals surface area contributed by atoms with Crippen LogP contribution in [-0.4, -0.2) is 37.3 Å². The molecule has 0 aromatic rings. The maximum absolute atomic E-state index is 12.6. The van der Waals surface area contributed by atoms with Gasteiger partial charge in [-0.3, -0.25) is 0 Å². The minimum absolute atomic E-state index is 0.0771. The smallest absolute Gasteiger partial charge is 0.375 e. The molecule has 0 fully saturated rings. The lowest BCUT2D eigenvalue weighted by atomic mass is 10.2. The summed E-state index contributed by atoms with van der Waals surface area (Å²) < 4.78 is 88.9. The summed E-state index contributed by atoms with van der Waals surface area (Å²) in [7, 11) is 0. The molecule has 0 aliphatic carbocycles. The first-order chi connectivity index (χ1) is 7.42. The number of halogens is 7. The largest absolute Gasteiger partial charge is 0.459 e. The molecule has 0 aromatic carbocycles. The molecule has 0 radical (unpaired) electrons. The summed E-state index contributed by atoms with van der Waals surface area (Å²) >= 11 is 0. The molecule has 0 aliphatic heterocycles. The fourth-order valence-corrected chi connectivity index (χ4v) is 0.768. The molecule has 104 valence electrons. The van der Waals surface area contributed by atoms with Crippen LogP contribution in [0.3, 0.4) is 0 Å². The lowest BCUT2D eigenvalue weighted by Crippen LogP contribution is -2.54.